The SMILES string of the molecule is C[CH2][Sn][CH2]C.C[CH2][Sn][CH2]C.C[CH2][Sn][CH2]C.C[CH2][Sn][CH2]C.C[CH2][Sn][CH2]C.C[CH2][Sn][CH2]C. The molecule has 0 N–H and O–H groups in total. The van der Waals surface area contributed by atoms with Gasteiger partial charge >= 0.3 is 263 Å². The van der Waals surface area contributed by atoms with E-state index in [9.17, 15) is 0 Å². The Morgan fingerprint density at radius 2 is 0.267 bits per heavy atom. The average Bonchev–Trinajstić information content (AvgIpc) is 2.74. The quantitative estimate of drug-likeness (QED) is 0.171. The molecule has 180 valence electrons. The van der Waals surface area contributed by atoms with E-state index < -0.39 is 0 Å². The molecule has 0 aromatic heterocycles. The zero-order valence-electron chi connectivity index (χ0n) is 23.5. The van der Waals surface area contributed by atoms with E-state index in [4.69, 9.17) is 0 Å². The molecule has 0 nitrogen and oxygen atoms in total. The molecule has 0 fully saturated rings. The fraction of sp³-hybridized carbons (Fsp3) is 1.00. The van der Waals surface area contributed by atoms with Gasteiger partial charge in [0.15, 0.2) is 0 Å². The normalized spacial score (nSPS) is 8.40. The molecule has 0 unspecified atom stereocenters. The van der Waals surface area contributed by atoms with E-state index in [1.807, 2.05) is 0 Å². The molecule has 30 heavy (non-hydrogen) atoms. The van der Waals surface area contributed by atoms with Gasteiger partial charge in [-0.2, -0.15) is 0 Å². The van der Waals surface area contributed by atoms with Gasteiger partial charge in [-0.1, -0.05) is 0 Å². The molecule has 0 spiro atoms. The molecule has 0 amide bonds. The molecule has 0 aliphatic heterocycles. The summed E-state index contributed by atoms with van der Waals surface area (Å²) in [6.07, 6.45) is 0. The van der Waals surface area contributed by atoms with Crippen molar-refractivity contribution in [2.24, 2.45) is 0 Å². The van der Waals surface area contributed by atoms with E-state index in [2.05, 4.69) is 83.1 Å². The van der Waals surface area contributed by atoms with Crippen LogP contribution in [0.5, 0.6) is 0 Å². The second-order valence-electron chi connectivity index (χ2n) is 5.74. The van der Waals surface area contributed by atoms with Crippen molar-refractivity contribution >= 4 is 127 Å². The average molecular weight is 1060 g/mol. The predicted molar refractivity (Wildman–Crippen MR) is 160 cm³/mol. The van der Waals surface area contributed by atoms with Gasteiger partial charge in [0, 0.05) is 0 Å². The van der Waals surface area contributed by atoms with E-state index in [-0.39, 0.29) is 127 Å². The molecule has 6 heteroatoms. The molecule has 0 saturated carbocycles. The third-order valence-corrected chi connectivity index (χ3v) is 20.1. The van der Waals surface area contributed by atoms with Crippen LogP contribution in [0.3, 0.4) is 0 Å². The number of hydrogen-bond donors (Lipinski definition) is 0. The number of rotatable bonds is 12. The van der Waals surface area contributed by atoms with Crippen molar-refractivity contribution in [2.45, 2.75) is 136 Å². The van der Waals surface area contributed by atoms with Gasteiger partial charge in [-0.3, -0.25) is 0 Å². The zero-order chi connectivity index (χ0) is 24.7. The van der Waals surface area contributed by atoms with Crippen LogP contribution in [0.25, 0.3) is 0 Å². The Hall–Kier alpha value is 4.79. The van der Waals surface area contributed by atoms with Crippen molar-refractivity contribution in [2.75, 3.05) is 0 Å². The van der Waals surface area contributed by atoms with Crippen molar-refractivity contribution < 1.29 is 0 Å². The van der Waals surface area contributed by atoms with Crippen LogP contribution < -0.4 is 0 Å². The molecule has 0 saturated heterocycles. The topological polar surface area (TPSA) is 0 Å². The summed E-state index contributed by atoms with van der Waals surface area (Å²) in [5.41, 5.74) is 0. The van der Waals surface area contributed by atoms with Gasteiger partial charge in [-0.05, 0) is 0 Å². The number of hydrogen-bond acceptors (Lipinski definition) is 0. The van der Waals surface area contributed by atoms with Crippen molar-refractivity contribution in [3.8, 4) is 0 Å². The Kier molecular flexibility index (Phi) is 112. The van der Waals surface area contributed by atoms with Gasteiger partial charge < -0.3 is 0 Å². The predicted octanol–water partition coefficient (Wildman–Crippen LogP) is 9.40. The third kappa shape index (κ3) is 118. The van der Waals surface area contributed by atoms with E-state index in [1.54, 1.807) is 0 Å². The third-order valence-electron chi connectivity index (χ3n) is 3.00. The molecule has 0 aromatic rings. The molecule has 0 rings (SSSR count). The molecule has 0 aromatic carbocycles. The minimum absolute atomic E-state index is 0.218. The summed E-state index contributed by atoms with van der Waals surface area (Å²) in [6, 6.07) is 0. The van der Waals surface area contributed by atoms with Crippen molar-refractivity contribution in [1.82, 2.24) is 0 Å². The summed E-state index contributed by atoms with van der Waals surface area (Å²) in [5.74, 6) is 0. The Labute approximate surface area is 258 Å². The standard InChI is InChI=1S/12C2H5.6Sn/c12*1-2;;;;;;/h12*1H2,2H3;;;;;;. The van der Waals surface area contributed by atoms with Gasteiger partial charge in [0.2, 0.25) is 0 Å². The second-order valence-corrected chi connectivity index (χ2v) is 38.5. The zero-order valence-corrected chi connectivity index (χ0v) is 40.6. The molecule has 0 aliphatic carbocycles. The van der Waals surface area contributed by atoms with Crippen molar-refractivity contribution in [3.05, 3.63) is 0 Å². The first-order valence-electron chi connectivity index (χ1n) is 12.7. The van der Waals surface area contributed by atoms with Crippen LogP contribution >= 0.6 is 0 Å². The molecule has 0 heterocycles. The summed E-state index contributed by atoms with van der Waals surface area (Å²) in [5, 5.41) is 0. The van der Waals surface area contributed by atoms with E-state index >= 15 is 0 Å². The van der Waals surface area contributed by atoms with Crippen LogP contribution in [0.4, 0.5) is 0 Å². The first-order valence-corrected chi connectivity index (χ1v) is 36.9. The maximum atomic E-state index is 2.29. The second kappa shape index (κ2) is 69.9. The fourth-order valence-corrected chi connectivity index (χ4v) is 10.1. The van der Waals surface area contributed by atoms with E-state index in [0.717, 1.165) is 0 Å². The molecular weight excluding hydrogens is 1000 g/mol. The first kappa shape index (κ1) is 47.9. The van der Waals surface area contributed by atoms with Crippen LogP contribution in [0.15, 0.2) is 0 Å². The summed E-state index contributed by atoms with van der Waals surface area (Å²) in [4.78, 5) is 0. The van der Waals surface area contributed by atoms with Gasteiger partial charge in [0.1, 0.15) is 0 Å². The summed E-state index contributed by atoms with van der Waals surface area (Å²) in [7, 11) is 0. The summed E-state index contributed by atoms with van der Waals surface area (Å²) >= 11 is 1.31. The Morgan fingerprint density at radius 1 is 0.200 bits per heavy atom. The maximum absolute atomic E-state index is 2.29. The van der Waals surface area contributed by atoms with E-state index in [1.165, 1.54) is 53.2 Å². The minimum atomic E-state index is 0.218. The van der Waals surface area contributed by atoms with Crippen molar-refractivity contribution in [1.29, 1.82) is 0 Å². The van der Waals surface area contributed by atoms with Crippen LogP contribution in [0.2, 0.25) is 53.2 Å². The van der Waals surface area contributed by atoms with Crippen LogP contribution in [-0.2, 0) is 0 Å². The van der Waals surface area contributed by atoms with Crippen LogP contribution in [-0.4, -0.2) is 127 Å². The molecule has 0 bridgehead atoms. The van der Waals surface area contributed by atoms with Gasteiger partial charge in [0.05, 0.1) is 0 Å². The van der Waals surface area contributed by atoms with Gasteiger partial charge in [0.25, 0.3) is 0 Å². The molecule has 0 aliphatic rings. The van der Waals surface area contributed by atoms with Gasteiger partial charge in [-0.15, -0.1) is 0 Å². The fourth-order valence-electron chi connectivity index (χ4n) is 1.50. The Morgan fingerprint density at radius 3 is 0.267 bits per heavy atom. The molecule has 12 radical (unpaired) electrons. The summed E-state index contributed by atoms with van der Waals surface area (Å²) in [6.45, 7) is 27.4. The Bertz CT molecular complexity index is 113. The van der Waals surface area contributed by atoms with Crippen LogP contribution in [0, 0.1) is 0 Å². The molecule has 0 atom stereocenters. The van der Waals surface area contributed by atoms with E-state index in [0.29, 0.717) is 0 Å². The monoisotopic (exact) mass is 1070 g/mol. The van der Waals surface area contributed by atoms with Gasteiger partial charge in [-0.25, -0.2) is 0 Å². The summed E-state index contributed by atoms with van der Waals surface area (Å²) < 4.78 is 18.2. The molecular formula is C24H60Sn6. The van der Waals surface area contributed by atoms with Crippen LogP contribution in [0.1, 0.15) is 83.1 Å². The first-order chi connectivity index (χ1) is 14.5. The Balaban J connectivity index is -0.0000000576. The van der Waals surface area contributed by atoms with Crippen molar-refractivity contribution in [3.63, 3.8) is 0 Å².